The van der Waals surface area contributed by atoms with Crippen LogP contribution in [-0.4, -0.2) is 29.6 Å². The molecule has 3 heteroatoms. The van der Waals surface area contributed by atoms with Crippen LogP contribution in [0.5, 0.6) is 0 Å². The summed E-state index contributed by atoms with van der Waals surface area (Å²) in [5, 5.41) is 0. The lowest BCUT2D eigenvalue weighted by Crippen LogP contribution is -2.39. The Labute approximate surface area is 108 Å². The van der Waals surface area contributed by atoms with Gasteiger partial charge in [-0.3, -0.25) is 4.79 Å². The summed E-state index contributed by atoms with van der Waals surface area (Å²) in [6, 6.07) is 10.7. The molecule has 3 rings (SSSR count). The molecule has 0 bridgehead atoms. The summed E-state index contributed by atoms with van der Waals surface area (Å²) >= 11 is 0. The number of ether oxygens (including phenoxy) is 1. The van der Waals surface area contributed by atoms with Gasteiger partial charge in [-0.05, 0) is 31.2 Å². The quantitative estimate of drug-likeness (QED) is 0.815. The van der Waals surface area contributed by atoms with E-state index in [9.17, 15) is 4.79 Å². The van der Waals surface area contributed by atoms with Crippen LogP contribution < -0.4 is 0 Å². The first-order valence-electron chi connectivity index (χ1n) is 6.80. The van der Waals surface area contributed by atoms with Crippen molar-refractivity contribution in [3.63, 3.8) is 0 Å². The molecule has 1 aliphatic carbocycles. The number of amides is 1. The van der Waals surface area contributed by atoms with Gasteiger partial charge in [0.25, 0.3) is 5.91 Å². The summed E-state index contributed by atoms with van der Waals surface area (Å²) in [7, 11) is 0. The average molecular weight is 245 g/mol. The Morgan fingerprint density at radius 1 is 1.22 bits per heavy atom. The highest BCUT2D eigenvalue weighted by atomic mass is 16.5. The fourth-order valence-corrected chi connectivity index (χ4v) is 2.51. The van der Waals surface area contributed by atoms with Gasteiger partial charge in [0, 0.05) is 19.2 Å². The first kappa shape index (κ1) is 11.7. The monoisotopic (exact) mass is 245 g/mol. The second-order valence-corrected chi connectivity index (χ2v) is 5.18. The van der Waals surface area contributed by atoms with Gasteiger partial charge in [-0.25, -0.2) is 0 Å². The predicted octanol–water partition coefficient (Wildman–Crippen LogP) is 2.36. The van der Waals surface area contributed by atoms with Crippen molar-refractivity contribution in [2.75, 3.05) is 6.61 Å². The minimum atomic E-state index is -0.186. The van der Waals surface area contributed by atoms with Crippen LogP contribution in [0, 0.1) is 0 Å². The van der Waals surface area contributed by atoms with Gasteiger partial charge >= 0.3 is 0 Å². The van der Waals surface area contributed by atoms with E-state index in [2.05, 4.69) is 12.1 Å². The van der Waals surface area contributed by atoms with Crippen molar-refractivity contribution in [2.24, 2.45) is 0 Å². The van der Waals surface area contributed by atoms with E-state index in [1.165, 1.54) is 5.56 Å². The van der Waals surface area contributed by atoms with Gasteiger partial charge < -0.3 is 9.64 Å². The Bertz CT molecular complexity index is 408. The second kappa shape index (κ2) is 5.11. The summed E-state index contributed by atoms with van der Waals surface area (Å²) in [6.07, 6.45) is 4.00. The molecule has 0 radical (unpaired) electrons. The number of rotatable bonds is 4. The molecule has 18 heavy (non-hydrogen) atoms. The van der Waals surface area contributed by atoms with Crippen LogP contribution in [0.3, 0.4) is 0 Å². The highest BCUT2D eigenvalue weighted by Crippen LogP contribution is 2.30. The zero-order chi connectivity index (χ0) is 12.4. The third-order valence-corrected chi connectivity index (χ3v) is 3.67. The van der Waals surface area contributed by atoms with E-state index in [1.54, 1.807) is 0 Å². The van der Waals surface area contributed by atoms with Crippen molar-refractivity contribution >= 4 is 5.91 Å². The van der Waals surface area contributed by atoms with Crippen molar-refractivity contribution in [3.05, 3.63) is 35.9 Å². The normalized spacial score (nSPS) is 23.0. The molecular weight excluding hydrogens is 226 g/mol. The molecule has 1 atom stereocenters. The number of nitrogens with zero attached hydrogens (tertiary/aromatic N) is 1. The molecule has 1 aromatic rings. The molecule has 0 spiro atoms. The summed E-state index contributed by atoms with van der Waals surface area (Å²) in [4.78, 5) is 14.5. The molecule has 1 unspecified atom stereocenters. The SMILES string of the molecule is O=C(C1CCCO1)N(Cc1ccccc1)C1CC1. The highest BCUT2D eigenvalue weighted by Gasteiger charge is 2.37. The minimum absolute atomic E-state index is 0.186. The molecule has 96 valence electrons. The molecule has 2 aliphatic rings. The maximum absolute atomic E-state index is 12.4. The summed E-state index contributed by atoms with van der Waals surface area (Å²) in [5.74, 6) is 0.193. The third-order valence-electron chi connectivity index (χ3n) is 3.67. The zero-order valence-corrected chi connectivity index (χ0v) is 10.5. The number of carbonyl (C=O) groups is 1. The van der Waals surface area contributed by atoms with Gasteiger partial charge in [0.15, 0.2) is 0 Å². The van der Waals surface area contributed by atoms with Crippen LogP contribution >= 0.6 is 0 Å². The van der Waals surface area contributed by atoms with E-state index in [4.69, 9.17) is 4.74 Å². The van der Waals surface area contributed by atoms with Crippen molar-refractivity contribution in [2.45, 2.75) is 44.4 Å². The van der Waals surface area contributed by atoms with Crippen LogP contribution in [-0.2, 0) is 16.1 Å². The minimum Gasteiger partial charge on any atom is -0.368 e. The summed E-state index contributed by atoms with van der Waals surface area (Å²) in [6.45, 7) is 1.46. The van der Waals surface area contributed by atoms with E-state index in [1.807, 2.05) is 23.1 Å². The number of hydrogen-bond acceptors (Lipinski definition) is 2. The molecule has 0 N–H and O–H groups in total. The molecule has 1 amide bonds. The summed E-state index contributed by atoms with van der Waals surface area (Å²) in [5.41, 5.74) is 1.20. The maximum Gasteiger partial charge on any atom is 0.252 e. The van der Waals surface area contributed by atoms with Crippen LogP contribution in [0.1, 0.15) is 31.2 Å². The Balaban J connectivity index is 1.70. The van der Waals surface area contributed by atoms with Gasteiger partial charge in [-0.15, -0.1) is 0 Å². The van der Waals surface area contributed by atoms with Crippen molar-refractivity contribution in [3.8, 4) is 0 Å². The Morgan fingerprint density at radius 3 is 2.61 bits per heavy atom. The average Bonchev–Trinajstić information content (AvgIpc) is 3.10. The largest absolute Gasteiger partial charge is 0.368 e. The van der Waals surface area contributed by atoms with E-state index in [0.717, 1.165) is 38.8 Å². The molecular formula is C15H19NO2. The lowest BCUT2D eigenvalue weighted by Gasteiger charge is -2.25. The molecule has 0 aromatic heterocycles. The molecule has 1 aromatic carbocycles. The lowest BCUT2D eigenvalue weighted by molar-refractivity contribution is -0.142. The van der Waals surface area contributed by atoms with E-state index in [-0.39, 0.29) is 12.0 Å². The number of benzene rings is 1. The van der Waals surface area contributed by atoms with Gasteiger partial charge in [-0.1, -0.05) is 30.3 Å². The maximum atomic E-state index is 12.4. The standard InChI is InChI=1S/C15H19NO2/c17-15(14-7-4-10-18-14)16(13-8-9-13)11-12-5-2-1-3-6-12/h1-3,5-6,13-14H,4,7-11H2. The zero-order valence-electron chi connectivity index (χ0n) is 10.5. The highest BCUT2D eigenvalue weighted by molar-refractivity contribution is 5.81. The molecule has 1 saturated carbocycles. The second-order valence-electron chi connectivity index (χ2n) is 5.18. The van der Waals surface area contributed by atoms with Gasteiger partial charge in [-0.2, -0.15) is 0 Å². The Kier molecular flexibility index (Phi) is 3.33. The van der Waals surface area contributed by atoms with Crippen LogP contribution in [0.2, 0.25) is 0 Å². The number of hydrogen-bond donors (Lipinski definition) is 0. The van der Waals surface area contributed by atoms with Crippen LogP contribution in [0.25, 0.3) is 0 Å². The number of carbonyl (C=O) groups excluding carboxylic acids is 1. The topological polar surface area (TPSA) is 29.5 Å². The van der Waals surface area contributed by atoms with Crippen molar-refractivity contribution < 1.29 is 9.53 Å². The van der Waals surface area contributed by atoms with Crippen LogP contribution in [0.4, 0.5) is 0 Å². The van der Waals surface area contributed by atoms with E-state index in [0.29, 0.717) is 6.04 Å². The van der Waals surface area contributed by atoms with E-state index < -0.39 is 0 Å². The van der Waals surface area contributed by atoms with Crippen molar-refractivity contribution in [1.82, 2.24) is 4.90 Å². The molecule has 1 aliphatic heterocycles. The first-order chi connectivity index (χ1) is 8.84. The van der Waals surface area contributed by atoms with Gasteiger partial charge in [0.1, 0.15) is 6.10 Å². The smallest absolute Gasteiger partial charge is 0.252 e. The van der Waals surface area contributed by atoms with Gasteiger partial charge in [0.2, 0.25) is 0 Å². The van der Waals surface area contributed by atoms with Crippen LogP contribution in [0.15, 0.2) is 30.3 Å². The first-order valence-corrected chi connectivity index (χ1v) is 6.80. The Hall–Kier alpha value is -1.35. The van der Waals surface area contributed by atoms with E-state index >= 15 is 0 Å². The molecule has 3 nitrogen and oxygen atoms in total. The predicted molar refractivity (Wildman–Crippen MR) is 69.0 cm³/mol. The fraction of sp³-hybridized carbons (Fsp3) is 0.533. The van der Waals surface area contributed by atoms with Crippen molar-refractivity contribution in [1.29, 1.82) is 0 Å². The lowest BCUT2D eigenvalue weighted by atomic mass is 10.1. The fourth-order valence-electron chi connectivity index (χ4n) is 2.51. The molecule has 1 heterocycles. The van der Waals surface area contributed by atoms with Gasteiger partial charge in [0.05, 0.1) is 0 Å². The molecule has 2 fully saturated rings. The third kappa shape index (κ3) is 2.56. The molecule has 1 saturated heterocycles. The summed E-state index contributed by atoms with van der Waals surface area (Å²) < 4.78 is 5.52. The Morgan fingerprint density at radius 2 is 2.00 bits per heavy atom.